The Morgan fingerprint density at radius 2 is 1.71 bits per heavy atom. The van der Waals surface area contributed by atoms with E-state index in [1.807, 2.05) is 0 Å². The van der Waals surface area contributed by atoms with Crippen LogP contribution in [0.4, 0.5) is 8.78 Å². The van der Waals surface area contributed by atoms with Gasteiger partial charge in [0.05, 0.1) is 6.10 Å². The summed E-state index contributed by atoms with van der Waals surface area (Å²) >= 11 is 0. The molecular formula is C27H37F2NO. The lowest BCUT2D eigenvalue weighted by atomic mass is 9.72. The van der Waals surface area contributed by atoms with Gasteiger partial charge in [-0.2, -0.15) is 0 Å². The Labute approximate surface area is 186 Å². The highest BCUT2D eigenvalue weighted by molar-refractivity contribution is 5.34. The molecule has 0 radical (unpaired) electrons. The molecule has 1 fully saturated rings. The van der Waals surface area contributed by atoms with E-state index in [-0.39, 0.29) is 11.0 Å². The van der Waals surface area contributed by atoms with E-state index in [1.165, 1.54) is 23.3 Å². The Balaban J connectivity index is 1.70. The molecule has 0 saturated heterocycles. The molecule has 2 aromatic carbocycles. The van der Waals surface area contributed by atoms with E-state index in [0.717, 1.165) is 31.7 Å². The molecule has 1 aliphatic rings. The molecule has 2 nitrogen and oxygen atoms in total. The van der Waals surface area contributed by atoms with Crippen LogP contribution in [0.5, 0.6) is 0 Å². The van der Waals surface area contributed by atoms with Gasteiger partial charge in [-0.25, -0.2) is 8.78 Å². The maximum absolute atomic E-state index is 13.4. The van der Waals surface area contributed by atoms with Crippen LogP contribution in [-0.2, 0) is 17.4 Å². The molecule has 1 atom stereocenters. The Kier molecular flexibility index (Phi) is 7.54. The van der Waals surface area contributed by atoms with Crippen molar-refractivity contribution < 1.29 is 13.9 Å². The summed E-state index contributed by atoms with van der Waals surface area (Å²) in [7, 11) is 0. The van der Waals surface area contributed by atoms with Crippen molar-refractivity contribution >= 4 is 0 Å². The van der Waals surface area contributed by atoms with Crippen LogP contribution in [0.2, 0.25) is 0 Å². The average Bonchev–Trinajstić information content (AvgIpc) is 2.71. The van der Waals surface area contributed by atoms with Crippen LogP contribution >= 0.6 is 0 Å². The molecule has 0 aliphatic heterocycles. The van der Waals surface area contributed by atoms with E-state index in [4.69, 9.17) is 0 Å². The fourth-order valence-electron chi connectivity index (χ4n) is 4.61. The number of benzene rings is 2. The smallest absolute Gasteiger partial charge is 0.126 e. The van der Waals surface area contributed by atoms with Crippen molar-refractivity contribution in [3.63, 3.8) is 0 Å². The number of aryl methyl sites for hydroxylation is 1. The minimum atomic E-state index is -0.576. The Morgan fingerprint density at radius 1 is 1.06 bits per heavy atom. The number of halogens is 2. The van der Waals surface area contributed by atoms with Gasteiger partial charge in [-0.1, -0.05) is 52.0 Å². The highest BCUT2D eigenvalue weighted by Crippen LogP contribution is 2.40. The summed E-state index contributed by atoms with van der Waals surface area (Å²) < 4.78 is 26.8. The van der Waals surface area contributed by atoms with Crippen molar-refractivity contribution in [2.24, 2.45) is 5.92 Å². The lowest BCUT2D eigenvalue weighted by Gasteiger charge is -2.42. The molecule has 3 rings (SSSR count). The van der Waals surface area contributed by atoms with E-state index in [1.54, 1.807) is 0 Å². The predicted octanol–water partition coefficient (Wildman–Crippen LogP) is 6.25. The summed E-state index contributed by atoms with van der Waals surface area (Å²) in [6.07, 6.45) is 4.74. The second-order valence-corrected chi connectivity index (χ2v) is 10.4. The van der Waals surface area contributed by atoms with Gasteiger partial charge in [0.1, 0.15) is 11.6 Å². The molecule has 0 amide bonds. The van der Waals surface area contributed by atoms with Crippen LogP contribution in [0.3, 0.4) is 0 Å². The summed E-state index contributed by atoms with van der Waals surface area (Å²) in [4.78, 5) is 0. The van der Waals surface area contributed by atoms with Gasteiger partial charge in [0.2, 0.25) is 0 Å². The van der Waals surface area contributed by atoms with Crippen molar-refractivity contribution in [3.05, 3.63) is 70.8 Å². The van der Waals surface area contributed by atoms with E-state index in [2.05, 4.69) is 57.3 Å². The number of aliphatic hydroxyl groups is 1. The lowest BCUT2D eigenvalue weighted by molar-refractivity contribution is 0.124. The minimum Gasteiger partial charge on any atom is -0.392 e. The number of aliphatic hydroxyl groups excluding tert-OH is 1. The average molecular weight is 430 g/mol. The summed E-state index contributed by atoms with van der Waals surface area (Å²) in [6.45, 7) is 9.46. The SMILES string of the molecule is CC1CCC(NCC(O)CCc2cc(F)cc(F)c2)(c2cccc(C(C)(C)C)c2)CC1. The first-order valence-electron chi connectivity index (χ1n) is 11.6. The number of hydrogen-bond acceptors (Lipinski definition) is 2. The standard InChI is InChI=1S/C27H37F2NO/c1-19-10-12-27(13-11-19,22-7-5-6-21(16-22)26(2,3)4)30-18-25(31)9-8-20-14-23(28)17-24(29)15-20/h5-7,14-17,19,25,30-31H,8-13,18H2,1-4H3. The van der Waals surface area contributed by atoms with Crippen LogP contribution in [0.25, 0.3) is 0 Å². The molecule has 170 valence electrons. The van der Waals surface area contributed by atoms with Crippen molar-refractivity contribution in [2.75, 3.05) is 6.54 Å². The zero-order valence-corrected chi connectivity index (χ0v) is 19.3. The zero-order chi connectivity index (χ0) is 22.6. The maximum atomic E-state index is 13.4. The molecule has 1 saturated carbocycles. The Hall–Kier alpha value is -1.78. The third-order valence-electron chi connectivity index (χ3n) is 6.77. The predicted molar refractivity (Wildman–Crippen MR) is 123 cm³/mol. The van der Waals surface area contributed by atoms with E-state index >= 15 is 0 Å². The fourth-order valence-corrected chi connectivity index (χ4v) is 4.61. The third kappa shape index (κ3) is 6.36. The van der Waals surface area contributed by atoms with Crippen molar-refractivity contribution in [3.8, 4) is 0 Å². The third-order valence-corrected chi connectivity index (χ3v) is 6.77. The van der Waals surface area contributed by atoms with Crippen LogP contribution in [0, 0.1) is 17.6 Å². The molecule has 0 aromatic heterocycles. The molecule has 0 heterocycles. The van der Waals surface area contributed by atoms with Gasteiger partial charge >= 0.3 is 0 Å². The normalized spacial score (nSPS) is 23.0. The molecule has 2 N–H and O–H groups in total. The van der Waals surface area contributed by atoms with Crippen LogP contribution in [0.15, 0.2) is 42.5 Å². The second-order valence-electron chi connectivity index (χ2n) is 10.4. The zero-order valence-electron chi connectivity index (χ0n) is 19.3. The van der Waals surface area contributed by atoms with Gasteiger partial charge < -0.3 is 10.4 Å². The molecular weight excluding hydrogens is 392 g/mol. The minimum absolute atomic E-state index is 0.0822. The molecule has 0 bridgehead atoms. The molecule has 4 heteroatoms. The van der Waals surface area contributed by atoms with Gasteiger partial charge in [0, 0.05) is 18.2 Å². The Morgan fingerprint density at radius 3 is 2.32 bits per heavy atom. The highest BCUT2D eigenvalue weighted by Gasteiger charge is 2.36. The second kappa shape index (κ2) is 9.79. The highest BCUT2D eigenvalue weighted by atomic mass is 19.1. The summed E-state index contributed by atoms with van der Waals surface area (Å²) in [5, 5.41) is 14.3. The van der Waals surface area contributed by atoms with Crippen LogP contribution < -0.4 is 5.32 Å². The Bertz CT molecular complexity index is 846. The van der Waals surface area contributed by atoms with Crippen molar-refractivity contribution in [1.82, 2.24) is 5.32 Å². The first-order chi connectivity index (χ1) is 14.6. The summed E-state index contributed by atoms with van der Waals surface area (Å²) in [6, 6.07) is 12.4. The number of rotatable bonds is 7. The first-order valence-corrected chi connectivity index (χ1v) is 11.6. The van der Waals surface area contributed by atoms with Gasteiger partial charge in [-0.3, -0.25) is 0 Å². The monoisotopic (exact) mass is 429 g/mol. The topological polar surface area (TPSA) is 32.3 Å². The largest absolute Gasteiger partial charge is 0.392 e. The molecule has 0 spiro atoms. The van der Waals surface area contributed by atoms with Crippen molar-refractivity contribution in [1.29, 1.82) is 0 Å². The van der Waals surface area contributed by atoms with Gasteiger partial charge in [-0.15, -0.1) is 0 Å². The first kappa shape index (κ1) is 23.9. The lowest BCUT2D eigenvalue weighted by Crippen LogP contribution is -2.48. The summed E-state index contributed by atoms with van der Waals surface area (Å²) in [5.74, 6) is -0.429. The van der Waals surface area contributed by atoms with Crippen molar-refractivity contribution in [2.45, 2.75) is 83.3 Å². The quantitative estimate of drug-likeness (QED) is 0.545. The van der Waals surface area contributed by atoms with Crippen LogP contribution in [-0.4, -0.2) is 17.8 Å². The van der Waals surface area contributed by atoms with E-state index in [9.17, 15) is 13.9 Å². The molecule has 2 aromatic rings. The number of hydrogen-bond donors (Lipinski definition) is 2. The van der Waals surface area contributed by atoms with E-state index in [0.29, 0.717) is 30.9 Å². The number of nitrogens with one attached hydrogen (secondary N) is 1. The molecule has 31 heavy (non-hydrogen) atoms. The van der Waals surface area contributed by atoms with Gasteiger partial charge in [-0.05, 0) is 78.7 Å². The maximum Gasteiger partial charge on any atom is 0.126 e. The fraction of sp³-hybridized carbons (Fsp3) is 0.556. The van der Waals surface area contributed by atoms with E-state index < -0.39 is 17.7 Å². The van der Waals surface area contributed by atoms with Gasteiger partial charge in [0.25, 0.3) is 0 Å². The van der Waals surface area contributed by atoms with Gasteiger partial charge in [0.15, 0.2) is 0 Å². The molecule has 1 unspecified atom stereocenters. The summed E-state index contributed by atoms with van der Waals surface area (Å²) in [5.41, 5.74) is 3.14. The molecule has 1 aliphatic carbocycles. The van der Waals surface area contributed by atoms with Crippen LogP contribution in [0.1, 0.15) is 76.5 Å².